The van der Waals surface area contributed by atoms with Crippen LogP contribution in [0.3, 0.4) is 0 Å². The molecule has 0 spiro atoms. The van der Waals surface area contributed by atoms with Gasteiger partial charge in [-0.15, -0.1) is 0 Å². The fourth-order valence-electron chi connectivity index (χ4n) is 3.59. The highest BCUT2D eigenvalue weighted by molar-refractivity contribution is 6.30. The highest BCUT2D eigenvalue weighted by Crippen LogP contribution is 2.31. The molecule has 32 heavy (non-hydrogen) atoms. The molecule has 6 heteroatoms. The zero-order valence-electron chi connectivity index (χ0n) is 17.6. The number of hydrogen-bond acceptors (Lipinski definition) is 2. The Morgan fingerprint density at radius 3 is 2.25 bits per heavy atom. The van der Waals surface area contributed by atoms with Gasteiger partial charge < -0.3 is 9.40 Å². The first-order valence-electron chi connectivity index (χ1n) is 10.1. The molecule has 1 aromatic heterocycles. The second-order valence-corrected chi connectivity index (χ2v) is 7.86. The van der Waals surface area contributed by atoms with Crippen molar-refractivity contribution in [1.82, 2.24) is 4.57 Å². The summed E-state index contributed by atoms with van der Waals surface area (Å²) in [6, 6.07) is 22.0. The first-order chi connectivity index (χ1) is 15.4. The van der Waals surface area contributed by atoms with Gasteiger partial charge in [-0.3, -0.25) is 0 Å². The van der Waals surface area contributed by atoms with Crippen LogP contribution in [0.4, 0.5) is 8.78 Å². The molecule has 0 amide bonds. The van der Waals surface area contributed by atoms with Gasteiger partial charge in [0, 0.05) is 22.0 Å². The minimum Gasteiger partial charge on any atom is -0.391 e. The van der Waals surface area contributed by atoms with Gasteiger partial charge in [-0.25, -0.2) is 8.78 Å². The van der Waals surface area contributed by atoms with E-state index in [9.17, 15) is 8.78 Å². The Balaban J connectivity index is 1.71. The molecule has 0 atom stereocenters. The summed E-state index contributed by atoms with van der Waals surface area (Å²) in [5.41, 5.74) is 5.98. The highest BCUT2D eigenvalue weighted by Gasteiger charge is 2.17. The molecule has 0 fully saturated rings. The third kappa shape index (κ3) is 4.73. The van der Waals surface area contributed by atoms with Crippen LogP contribution in [0.2, 0.25) is 5.02 Å². The van der Waals surface area contributed by atoms with Crippen molar-refractivity contribution in [2.24, 2.45) is 5.16 Å². The molecule has 0 aliphatic rings. The van der Waals surface area contributed by atoms with Gasteiger partial charge in [0.1, 0.15) is 18.2 Å². The predicted octanol–water partition coefficient (Wildman–Crippen LogP) is 7.33. The molecular formula is C26H21ClF2N2O. The van der Waals surface area contributed by atoms with Crippen molar-refractivity contribution < 1.29 is 13.6 Å². The van der Waals surface area contributed by atoms with Crippen molar-refractivity contribution in [3.8, 4) is 16.9 Å². The van der Waals surface area contributed by atoms with Gasteiger partial charge in [-0.2, -0.15) is 0 Å². The molecule has 4 aromatic rings. The summed E-state index contributed by atoms with van der Waals surface area (Å²) in [5.74, 6) is -0.585. The average Bonchev–Trinajstić information content (AvgIpc) is 3.13. The first-order valence-corrected chi connectivity index (χ1v) is 10.5. The average molecular weight is 451 g/mol. The van der Waals surface area contributed by atoms with Crippen LogP contribution >= 0.6 is 11.6 Å². The lowest BCUT2D eigenvalue weighted by Gasteiger charge is -2.13. The zero-order valence-corrected chi connectivity index (χ0v) is 18.4. The first kappa shape index (κ1) is 21.8. The maximum atomic E-state index is 13.5. The van der Waals surface area contributed by atoms with E-state index < -0.39 is 0 Å². The van der Waals surface area contributed by atoms with E-state index in [-0.39, 0.29) is 18.2 Å². The van der Waals surface area contributed by atoms with E-state index in [2.05, 4.69) is 9.72 Å². The van der Waals surface area contributed by atoms with E-state index in [0.29, 0.717) is 10.7 Å². The van der Waals surface area contributed by atoms with Crippen molar-refractivity contribution in [2.45, 2.75) is 20.5 Å². The maximum absolute atomic E-state index is 13.5. The third-order valence-electron chi connectivity index (χ3n) is 5.19. The summed E-state index contributed by atoms with van der Waals surface area (Å²) in [7, 11) is 0. The lowest BCUT2D eigenvalue weighted by Crippen LogP contribution is -2.02. The minimum absolute atomic E-state index is 0.233. The fourth-order valence-corrected chi connectivity index (χ4v) is 3.77. The van der Waals surface area contributed by atoms with Gasteiger partial charge in [0.25, 0.3) is 0 Å². The number of rotatable bonds is 6. The second kappa shape index (κ2) is 9.37. The lowest BCUT2D eigenvalue weighted by molar-refractivity contribution is 0.130. The smallest absolute Gasteiger partial charge is 0.142 e. The van der Waals surface area contributed by atoms with Gasteiger partial charge in [-0.1, -0.05) is 35.0 Å². The monoisotopic (exact) mass is 450 g/mol. The molecule has 162 valence electrons. The van der Waals surface area contributed by atoms with Gasteiger partial charge in [-0.05, 0) is 85.6 Å². The van der Waals surface area contributed by atoms with Crippen LogP contribution in [0.15, 0.2) is 84.0 Å². The SMILES string of the molecule is C/C(=N/OCc1ccc(F)cc1)c1cc(-c2ccc(F)cc2)n(-c2cccc(Cl)c2)c1C. The van der Waals surface area contributed by atoms with Crippen LogP contribution in [0.25, 0.3) is 16.9 Å². The molecule has 4 rings (SSSR count). The van der Waals surface area contributed by atoms with Crippen molar-refractivity contribution in [3.05, 3.63) is 112 Å². The van der Waals surface area contributed by atoms with Crippen LogP contribution < -0.4 is 0 Å². The molecule has 3 aromatic carbocycles. The van der Waals surface area contributed by atoms with Crippen LogP contribution in [-0.4, -0.2) is 10.3 Å². The Bertz CT molecular complexity index is 1260. The van der Waals surface area contributed by atoms with Crippen LogP contribution in [0.5, 0.6) is 0 Å². The normalized spacial score (nSPS) is 11.6. The second-order valence-electron chi connectivity index (χ2n) is 7.43. The molecule has 0 unspecified atom stereocenters. The molecule has 0 N–H and O–H groups in total. The molecule has 0 aliphatic heterocycles. The zero-order chi connectivity index (χ0) is 22.7. The Kier molecular flexibility index (Phi) is 6.37. The van der Waals surface area contributed by atoms with E-state index >= 15 is 0 Å². The van der Waals surface area contributed by atoms with Gasteiger partial charge in [0.15, 0.2) is 0 Å². The number of halogens is 3. The highest BCUT2D eigenvalue weighted by atomic mass is 35.5. The quantitative estimate of drug-likeness (QED) is 0.223. The van der Waals surface area contributed by atoms with E-state index in [4.69, 9.17) is 16.4 Å². The molecule has 0 saturated carbocycles. The fraction of sp³-hybridized carbons (Fsp3) is 0.115. The van der Waals surface area contributed by atoms with Crippen LogP contribution in [0, 0.1) is 18.6 Å². The van der Waals surface area contributed by atoms with Crippen molar-refractivity contribution in [3.63, 3.8) is 0 Å². The standard InChI is InChI=1S/C26H21ClF2N2O/c1-17(30-32-16-19-6-10-22(28)11-7-19)25-15-26(20-8-12-23(29)13-9-20)31(18(25)2)24-5-3-4-21(27)14-24/h3-15H,16H2,1-2H3/b30-17-. The van der Waals surface area contributed by atoms with E-state index in [1.807, 2.05) is 44.2 Å². The van der Waals surface area contributed by atoms with Crippen molar-refractivity contribution >= 4 is 17.3 Å². The van der Waals surface area contributed by atoms with E-state index in [1.165, 1.54) is 24.3 Å². The third-order valence-corrected chi connectivity index (χ3v) is 5.42. The van der Waals surface area contributed by atoms with Crippen LogP contribution in [-0.2, 0) is 11.4 Å². The van der Waals surface area contributed by atoms with Gasteiger partial charge in [0.05, 0.1) is 11.4 Å². The maximum Gasteiger partial charge on any atom is 0.142 e. The topological polar surface area (TPSA) is 26.5 Å². The number of nitrogens with zero attached hydrogens (tertiary/aromatic N) is 2. The van der Waals surface area contributed by atoms with E-state index in [0.717, 1.165) is 33.8 Å². The molecule has 0 aliphatic carbocycles. The summed E-state index contributed by atoms with van der Waals surface area (Å²) < 4.78 is 28.6. The molecule has 3 nitrogen and oxygen atoms in total. The molecule has 0 saturated heterocycles. The number of aromatic nitrogens is 1. The largest absolute Gasteiger partial charge is 0.391 e. The van der Waals surface area contributed by atoms with Crippen molar-refractivity contribution in [1.29, 1.82) is 0 Å². The Morgan fingerprint density at radius 1 is 0.938 bits per heavy atom. The summed E-state index contributed by atoms with van der Waals surface area (Å²) in [6.45, 7) is 4.09. The number of hydrogen-bond donors (Lipinski definition) is 0. The lowest BCUT2D eigenvalue weighted by atomic mass is 10.1. The molecule has 1 heterocycles. The Morgan fingerprint density at radius 2 is 1.59 bits per heavy atom. The van der Waals surface area contributed by atoms with Gasteiger partial charge >= 0.3 is 0 Å². The summed E-state index contributed by atoms with van der Waals surface area (Å²) >= 11 is 6.24. The number of benzene rings is 3. The van der Waals surface area contributed by atoms with Crippen LogP contribution in [0.1, 0.15) is 23.7 Å². The van der Waals surface area contributed by atoms with E-state index in [1.54, 1.807) is 24.3 Å². The molecule has 0 radical (unpaired) electrons. The Labute approximate surface area is 190 Å². The Hall–Kier alpha value is -3.44. The molecular weight excluding hydrogens is 430 g/mol. The minimum atomic E-state index is -0.293. The number of oxime groups is 1. The predicted molar refractivity (Wildman–Crippen MR) is 124 cm³/mol. The molecule has 0 bridgehead atoms. The van der Waals surface area contributed by atoms with Crippen molar-refractivity contribution in [2.75, 3.05) is 0 Å². The summed E-state index contributed by atoms with van der Waals surface area (Å²) in [6.07, 6.45) is 0. The summed E-state index contributed by atoms with van der Waals surface area (Å²) in [4.78, 5) is 5.51. The summed E-state index contributed by atoms with van der Waals surface area (Å²) in [5, 5.41) is 4.89. The van der Waals surface area contributed by atoms with Gasteiger partial charge in [0.2, 0.25) is 0 Å².